The third-order valence-electron chi connectivity index (χ3n) is 8.02. The Hall–Kier alpha value is -4.82. The first kappa shape index (κ1) is 27.4. The van der Waals surface area contributed by atoms with Gasteiger partial charge in [0.1, 0.15) is 0 Å². The molecule has 208 valence electrons. The van der Waals surface area contributed by atoms with Crippen molar-refractivity contribution in [3.63, 3.8) is 0 Å². The molecule has 0 heterocycles. The molecule has 2 nitrogen and oxygen atoms in total. The largest absolute Gasteiger partial charge is 0.348 e. The highest BCUT2D eigenvalue weighted by Gasteiger charge is 2.15. The van der Waals surface area contributed by atoms with Crippen LogP contribution in [0.3, 0.4) is 0 Å². The van der Waals surface area contributed by atoms with Gasteiger partial charge in [0.15, 0.2) is 0 Å². The molecule has 6 rings (SSSR count). The molecule has 2 aliphatic rings. The molecule has 0 saturated carbocycles. The van der Waals surface area contributed by atoms with E-state index in [2.05, 4.69) is 169 Å². The van der Waals surface area contributed by atoms with Crippen LogP contribution in [-0.2, 0) is 0 Å². The van der Waals surface area contributed by atoms with E-state index in [-0.39, 0.29) is 0 Å². The van der Waals surface area contributed by atoms with Crippen LogP contribution >= 0.6 is 0 Å². The highest BCUT2D eigenvalue weighted by Crippen LogP contribution is 2.37. The second-order valence-corrected chi connectivity index (χ2v) is 10.9. The summed E-state index contributed by atoms with van der Waals surface area (Å²) in [7, 11) is 2.18. The van der Waals surface area contributed by atoms with Crippen molar-refractivity contribution in [3.05, 3.63) is 169 Å². The van der Waals surface area contributed by atoms with E-state index in [1.165, 1.54) is 46.5 Å². The number of para-hydroxylation sites is 1. The number of benzene rings is 4. The predicted octanol–water partition coefficient (Wildman–Crippen LogP) is 11.1. The van der Waals surface area contributed by atoms with Gasteiger partial charge in [-0.15, -0.1) is 0 Å². The van der Waals surface area contributed by atoms with Gasteiger partial charge in [-0.2, -0.15) is 0 Å². The molecule has 0 aliphatic heterocycles. The highest BCUT2D eigenvalue weighted by molar-refractivity contribution is 5.80. The minimum absolute atomic E-state index is 0.898. The third-order valence-corrected chi connectivity index (χ3v) is 8.02. The van der Waals surface area contributed by atoms with E-state index in [0.29, 0.717) is 0 Å². The fraction of sp³-hybridized carbons (Fsp3) is 0.150. The van der Waals surface area contributed by atoms with Crippen LogP contribution < -0.4 is 9.80 Å². The van der Waals surface area contributed by atoms with Gasteiger partial charge in [-0.1, -0.05) is 97.1 Å². The van der Waals surface area contributed by atoms with Gasteiger partial charge in [-0.3, -0.25) is 0 Å². The van der Waals surface area contributed by atoms with Crippen molar-refractivity contribution >= 4 is 22.7 Å². The van der Waals surface area contributed by atoms with Gasteiger partial charge in [-0.25, -0.2) is 0 Å². The number of allylic oxidation sites excluding steroid dienone is 9. The van der Waals surface area contributed by atoms with Crippen molar-refractivity contribution in [3.8, 4) is 11.1 Å². The Bertz CT molecular complexity index is 1640. The predicted molar refractivity (Wildman–Crippen MR) is 181 cm³/mol. The normalized spacial score (nSPS) is 16.5. The first-order valence-corrected chi connectivity index (χ1v) is 15.1. The Morgan fingerprint density at radius 2 is 1.07 bits per heavy atom. The summed E-state index contributed by atoms with van der Waals surface area (Å²) >= 11 is 0. The summed E-state index contributed by atoms with van der Waals surface area (Å²) in [5, 5.41) is 0. The summed E-state index contributed by atoms with van der Waals surface area (Å²) in [6.07, 6.45) is 21.9. The van der Waals surface area contributed by atoms with Crippen molar-refractivity contribution in [2.24, 2.45) is 0 Å². The van der Waals surface area contributed by atoms with Crippen LogP contribution in [0.1, 0.15) is 32.1 Å². The van der Waals surface area contributed by atoms with Crippen molar-refractivity contribution in [2.45, 2.75) is 32.1 Å². The molecule has 0 spiro atoms. The molecular weight excluding hydrogens is 508 g/mol. The molecule has 0 aromatic heterocycles. The molecule has 2 aliphatic carbocycles. The van der Waals surface area contributed by atoms with Gasteiger partial charge in [0.05, 0.1) is 0 Å². The molecule has 0 saturated heterocycles. The van der Waals surface area contributed by atoms with Gasteiger partial charge in [-0.05, 0) is 103 Å². The van der Waals surface area contributed by atoms with Crippen LogP contribution in [0, 0.1) is 0 Å². The van der Waals surface area contributed by atoms with Crippen LogP contribution in [0.2, 0.25) is 0 Å². The van der Waals surface area contributed by atoms with Crippen molar-refractivity contribution in [2.75, 3.05) is 16.8 Å². The Morgan fingerprint density at radius 1 is 0.500 bits per heavy atom. The van der Waals surface area contributed by atoms with Crippen LogP contribution in [0.25, 0.3) is 11.1 Å². The number of hydrogen-bond acceptors (Lipinski definition) is 2. The summed E-state index contributed by atoms with van der Waals surface area (Å²) in [6.45, 7) is 0. The van der Waals surface area contributed by atoms with Gasteiger partial charge < -0.3 is 9.80 Å². The first-order chi connectivity index (χ1) is 20.8. The molecule has 42 heavy (non-hydrogen) atoms. The smallest absolute Gasteiger partial charge is 0.0467 e. The molecule has 2 heteroatoms. The average Bonchev–Trinajstić information content (AvgIpc) is 3.26. The fourth-order valence-electron chi connectivity index (χ4n) is 5.67. The molecule has 0 bridgehead atoms. The topological polar surface area (TPSA) is 6.48 Å². The lowest BCUT2D eigenvalue weighted by molar-refractivity contribution is 0.761. The molecule has 0 radical (unpaired) electrons. The maximum Gasteiger partial charge on any atom is 0.0467 e. The number of hydrogen-bond donors (Lipinski definition) is 0. The van der Waals surface area contributed by atoms with Crippen molar-refractivity contribution < 1.29 is 0 Å². The van der Waals surface area contributed by atoms with Crippen LogP contribution in [0.5, 0.6) is 0 Å². The molecule has 4 aromatic carbocycles. The van der Waals surface area contributed by atoms with Crippen LogP contribution in [-0.4, -0.2) is 7.05 Å². The minimum Gasteiger partial charge on any atom is -0.348 e. The third kappa shape index (κ3) is 6.39. The zero-order chi connectivity index (χ0) is 28.6. The van der Waals surface area contributed by atoms with E-state index in [4.69, 9.17) is 0 Å². The molecule has 0 amide bonds. The van der Waals surface area contributed by atoms with E-state index in [1.807, 2.05) is 0 Å². The highest BCUT2D eigenvalue weighted by atomic mass is 15.1. The molecule has 0 unspecified atom stereocenters. The SMILES string of the molecule is CN(C1=CC2=C(C=CC1)/C=C/CCCC/C=C/2)c1ccc(N(c2ccccc2)c2cccc(-c3ccccc3)c2)cc1. The number of nitrogens with zero attached hydrogens (tertiary/aromatic N) is 2. The van der Waals surface area contributed by atoms with E-state index in [0.717, 1.165) is 36.3 Å². The Labute approximate surface area is 251 Å². The Kier molecular flexibility index (Phi) is 8.62. The fourth-order valence-corrected chi connectivity index (χ4v) is 5.67. The lowest BCUT2D eigenvalue weighted by atomic mass is 10.0. The zero-order valence-electron chi connectivity index (χ0n) is 24.4. The lowest BCUT2D eigenvalue weighted by Gasteiger charge is -2.27. The quantitative estimate of drug-likeness (QED) is 0.237. The Balaban J connectivity index is 1.32. The summed E-state index contributed by atoms with van der Waals surface area (Å²) in [5.74, 6) is 0. The van der Waals surface area contributed by atoms with E-state index >= 15 is 0 Å². The first-order valence-electron chi connectivity index (χ1n) is 15.1. The summed E-state index contributed by atoms with van der Waals surface area (Å²) in [5.41, 5.74) is 10.9. The summed E-state index contributed by atoms with van der Waals surface area (Å²) in [6, 6.07) is 38.9. The van der Waals surface area contributed by atoms with Crippen LogP contribution in [0.15, 0.2) is 169 Å². The molecule has 0 fully saturated rings. The Morgan fingerprint density at radius 3 is 1.81 bits per heavy atom. The maximum atomic E-state index is 2.36. The maximum absolute atomic E-state index is 2.36. The minimum atomic E-state index is 0.898. The monoisotopic (exact) mass is 546 g/mol. The van der Waals surface area contributed by atoms with Crippen LogP contribution in [0.4, 0.5) is 22.7 Å². The lowest BCUT2D eigenvalue weighted by Crippen LogP contribution is -2.16. The average molecular weight is 547 g/mol. The van der Waals surface area contributed by atoms with E-state index in [1.54, 1.807) is 0 Å². The second kappa shape index (κ2) is 13.2. The molecule has 4 aromatic rings. The number of rotatable bonds is 6. The summed E-state index contributed by atoms with van der Waals surface area (Å²) < 4.78 is 0. The van der Waals surface area contributed by atoms with E-state index < -0.39 is 0 Å². The molecule has 0 atom stereocenters. The van der Waals surface area contributed by atoms with Gasteiger partial charge in [0.2, 0.25) is 0 Å². The molecule has 0 N–H and O–H groups in total. The standard InChI is InChI=1S/C40H38N2/c1-41(39-24-14-20-33-16-8-4-2-3-5-9-19-34(33)30-39)36-26-28-38(29-27-36)42(37-22-12-7-13-23-37)40-25-15-21-35(31-40)32-17-10-6-11-18-32/h6-23,25-31H,2-5,24H2,1H3/b16-8+,19-9+. The van der Waals surface area contributed by atoms with Crippen molar-refractivity contribution in [1.29, 1.82) is 0 Å². The van der Waals surface area contributed by atoms with E-state index in [9.17, 15) is 0 Å². The zero-order valence-corrected chi connectivity index (χ0v) is 24.4. The van der Waals surface area contributed by atoms with Gasteiger partial charge in [0.25, 0.3) is 0 Å². The van der Waals surface area contributed by atoms with Gasteiger partial charge >= 0.3 is 0 Å². The number of anilines is 4. The second-order valence-electron chi connectivity index (χ2n) is 10.9. The molecular formula is C40H38N2. The van der Waals surface area contributed by atoms with Crippen molar-refractivity contribution in [1.82, 2.24) is 0 Å². The van der Waals surface area contributed by atoms with Gasteiger partial charge in [0, 0.05) is 41.9 Å². The summed E-state index contributed by atoms with van der Waals surface area (Å²) in [4.78, 5) is 4.65.